The van der Waals surface area contributed by atoms with Crippen LogP contribution in [0.1, 0.15) is 44.5 Å². The molecule has 0 fully saturated rings. The molecule has 0 atom stereocenters. The molecule has 0 heterocycles. The van der Waals surface area contributed by atoms with Crippen LogP contribution in [0, 0.1) is 0 Å². The van der Waals surface area contributed by atoms with Crippen molar-refractivity contribution in [3.63, 3.8) is 0 Å². The summed E-state index contributed by atoms with van der Waals surface area (Å²) >= 11 is 0. The Kier molecular flexibility index (Phi) is 7.43. The summed E-state index contributed by atoms with van der Waals surface area (Å²) in [5, 5.41) is 1.86. The van der Waals surface area contributed by atoms with Crippen molar-refractivity contribution in [3.8, 4) is 0 Å². The van der Waals surface area contributed by atoms with Crippen LogP contribution >= 0.6 is 0 Å². The van der Waals surface area contributed by atoms with Gasteiger partial charge in [-0.2, -0.15) is 0 Å². The summed E-state index contributed by atoms with van der Waals surface area (Å²) in [5.74, 6) is 0.0129. The Morgan fingerprint density at radius 2 is 1.57 bits per heavy atom. The van der Waals surface area contributed by atoms with E-state index in [9.17, 15) is 14.4 Å². The van der Waals surface area contributed by atoms with E-state index in [1.807, 2.05) is 51.1 Å². The molecule has 2 rings (SSSR count). The number of fused-ring (bicyclic) bond motifs is 1. The predicted molar refractivity (Wildman–Crippen MR) is 117 cm³/mol. The van der Waals surface area contributed by atoms with Crippen LogP contribution in [0.4, 0.5) is 15.3 Å². The van der Waals surface area contributed by atoms with Crippen molar-refractivity contribution < 1.29 is 23.9 Å². The number of amides is 2. The van der Waals surface area contributed by atoms with Crippen LogP contribution in [0.25, 0.3) is 10.8 Å². The molecular weight excluding hydrogens is 384 g/mol. The van der Waals surface area contributed by atoms with Crippen molar-refractivity contribution in [1.82, 2.24) is 4.90 Å². The molecule has 162 valence electrons. The average Bonchev–Trinajstić information content (AvgIpc) is 2.68. The number of ether oxygens (including phenoxy) is 2. The summed E-state index contributed by atoms with van der Waals surface area (Å²) in [6.45, 7) is 7.57. The molecule has 0 aromatic heterocycles. The normalized spacial score (nSPS) is 11.1. The van der Waals surface area contributed by atoms with Gasteiger partial charge in [0.05, 0.1) is 6.61 Å². The number of benzene rings is 2. The van der Waals surface area contributed by atoms with Crippen LogP contribution < -0.4 is 4.90 Å². The average molecular weight is 415 g/mol. The van der Waals surface area contributed by atoms with Gasteiger partial charge < -0.3 is 14.4 Å². The number of anilines is 1. The lowest BCUT2D eigenvalue weighted by Crippen LogP contribution is -2.35. The second-order valence-electron chi connectivity index (χ2n) is 8.23. The number of carbonyl (C=O) groups is 3. The number of rotatable bonds is 6. The number of hydrogen-bond acceptors (Lipinski definition) is 5. The lowest BCUT2D eigenvalue weighted by molar-refractivity contribution is 0.0289. The predicted octanol–water partition coefficient (Wildman–Crippen LogP) is 4.87. The minimum atomic E-state index is -0.548. The van der Waals surface area contributed by atoms with Crippen LogP contribution in [0.3, 0.4) is 0 Å². The van der Waals surface area contributed by atoms with E-state index in [1.165, 1.54) is 16.7 Å². The lowest BCUT2D eigenvalue weighted by Gasteiger charge is -2.24. The molecule has 7 nitrogen and oxygen atoms in total. The zero-order valence-electron chi connectivity index (χ0n) is 18.5. The van der Waals surface area contributed by atoms with Gasteiger partial charge in [0.15, 0.2) is 5.78 Å². The van der Waals surface area contributed by atoms with E-state index in [4.69, 9.17) is 9.47 Å². The first-order chi connectivity index (χ1) is 14.0. The maximum atomic E-state index is 12.3. The zero-order valence-corrected chi connectivity index (χ0v) is 18.5. The molecule has 2 amide bonds. The Balaban J connectivity index is 1.87. The van der Waals surface area contributed by atoms with Crippen LogP contribution in [-0.4, -0.2) is 55.7 Å². The fourth-order valence-electron chi connectivity index (χ4n) is 2.76. The second-order valence-corrected chi connectivity index (χ2v) is 8.23. The number of carbonyl (C=O) groups excluding carboxylic acids is 3. The first-order valence-corrected chi connectivity index (χ1v) is 9.87. The highest BCUT2D eigenvalue weighted by Gasteiger charge is 2.19. The summed E-state index contributed by atoms with van der Waals surface area (Å²) in [7, 11) is 3.29. The van der Waals surface area contributed by atoms with E-state index in [2.05, 4.69) is 0 Å². The quantitative estimate of drug-likeness (QED) is 0.498. The van der Waals surface area contributed by atoms with E-state index in [0.717, 1.165) is 10.8 Å². The highest BCUT2D eigenvalue weighted by molar-refractivity contribution is 5.99. The Morgan fingerprint density at radius 1 is 0.933 bits per heavy atom. The van der Waals surface area contributed by atoms with Crippen LogP contribution in [0.5, 0.6) is 0 Å². The van der Waals surface area contributed by atoms with Gasteiger partial charge in [-0.25, -0.2) is 9.59 Å². The monoisotopic (exact) mass is 414 g/mol. The van der Waals surface area contributed by atoms with Gasteiger partial charge in [0.2, 0.25) is 0 Å². The molecule has 0 saturated heterocycles. The van der Waals surface area contributed by atoms with Gasteiger partial charge in [-0.15, -0.1) is 0 Å². The van der Waals surface area contributed by atoms with Gasteiger partial charge in [-0.3, -0.25) is 9.69 Å². The van der Waals surface area contributed by atoms with E-state index in [0.29, 0.717) is 24.2 Å². The molecule has 30 heavy (non-hydrogen) atoms. The molecule has 0 radical (unpaired) electrons. The Bertz CT molecular complexity index is 933. The smallest absolute Gasteiger partial charge is 0.414 e. The fourth-order valence-corrected chi connectivity index (χ4v) is 2.76. The topological polar surface area (TPSA) is 76.2 Å². The van der Waals surface area contributed by atoms with Crippen LogP contribution in [-0.2, 0) is 9.47 Å². The molecular formula is C23H30N2O5. The van der Waals surface area contributed by atoms with Crippen molar-refractivity contribution in [2.45, 2.75) is 39.7 Å². The highest BCUT2D eigenvalue weighted by Crippen LogP contribution is 2.23. The van der Waals surface area contributed by atoms with Gasteiger partial charge >= 0.3 is 12.2 Å². The van der Waals surface area contributed by atoms with E-state index >= 15 is 0 Å². The van der Waals surface area contributed by atoms with E-state index < -0.39 is 17.8 Å². The fraction of sp³-hybridized carbons (Fsp3) is 0.435. The molecule has 0 spiro atoms. The molecule has 0 N–H and O–H groups in total. The van der Waals surface area contributed by atoms with Crippen molar-refractivity contribution in [2.24, 2.45) is 0 Å². The van der Waals surface area contributed by atoms with Crippen molar-refractivity contribution in [1.29, 1.82) is 0 Å². The molecule has 0 aliphatic rings. The van der Waals surface area contributed by atoms with E-state index in [1.54, 1.807) is 20.2 Å². The van der Waals surface area contributed by atoms with Crippen LogP contribution in [0.15, 0.2) is 36.4 Å². The van der Waals surface area contributed by atoms with Gasteiger partial charge in [0.1, 0.15) is 5.60 Å². The summed E-state index contributed by atoms with van der Waals surface area (Å²) in [6, 6.07) is 11.0. The molecule has 2 aromatic rings. The molecule has 0 aliphatic carbocycles. The van der Waals surface area contributed by atoms with Gasteiger partial charge in [0, 0.05) is 31.9 Å². The Morgan fingerprint density at radius 3 is 2.20 bits per heavy atom. The number of Topliss-reactive ketones (excluding diaryl/α,β-unsaturated/α-hetero) is 1. The second kappa shape index (κ2) is 9.61. The summed E-state index contributed by atoms with van der Waals surface area (Å²) in [5.41, 5.74) is 0.793. The molecule has 0 saturated carbocycles. The van der Waals surface area contributed by atoms with Gasteiger partial charge in [-0.05, 0) is 63.1 Å². The van der Waals surface area contributed by atoms with Crippen molar-refractivity contribution >= 4 is 34.4 Å². The maximum absolute atomic E-state index is 12.3. The third-order valence-electron chi connectivity index (χ3n) is 4.46. The minimum Gasteiger partial charge on any atom is -0.449 e. The van der Waals surface area contributed by atoms with Crippen LogP contribution in [0.2, 0.25) is 0 Å². The standard InChI is InChI=1S/C23H30N2O5/c1-16(26)17-8-9-19-15-20(11-10-18(19)14-17)25(6)22(28)29-13-7-12-24(5)21(27)30-23(2,3)4/h8-11,14-15H,7,12-13H2,1-6H3. The third-order valence-corrected chi connectivity index (χ3v) is 4.46. The van der Waals surface area contributed by atoms with Gasteiger partial charge in [0.25, 0.3) is 0 Å². The first kappa shape index (κ1) is 23.2. The third kappa shape index (κ3) is 6.47. The number of nitrogens with zero attached hydrogens (tertiary/aromatic N) is 2. The minimum absolute atomic E-state index is 0.0129. The largest absolute Gasteiger partial charge is 0.449 e. The zero-order chi connectivity index (χ0) is 22.5. The number of ketones is 1. The molecule has 7 heteroatoms. The summed E-state index contributed by atoms with van der Waals surface area (Å²) in [4.78, 5) is 38.7. The molecule has 2 aromatic carbocycles. The lowest BCUT2D eigenvalue weighted by atomic mass is 10.0. The van der Waals surface area contributed by atoms with Crippen molar-refractivity contribution in [2.75, 3.05) is 32.1 Å². The summed E-state index contributed by atoms with van der Waals surface area (Å²) < 4.78 is 10.6. The highest BCUT2D eigenvalue weighted by atomic mass is 16.6. The Hall–Kier alpha value is -3.09. The molecule has 0 bridgehead atoms. The van der Waals surface area contributed by atoms with Crippen molar-refractivity contribution in [3.05, 3.63) is 42.0 Å². The maximum Gasteiger partial charge on any atom is 0.414 e. The molecule has 0 aliphatic heterocycles. The SMILES string of the molecule is CC(=O)c1ccc2cc(N(C)C(=O)OCCCN(C)C(=O)OC(C)(C)C)ccc2c1. The van der Waals surface area contributed by atoms with E-state index in [-0.39, 0.29) is 12.4 Å². The summed E-state index contributed by atoms with van der Waals surface area (Å²) in [6.07, 6.45) is -0.384. The number of hydrogen-bond donors (Lipinski definition) is 0. The first-order valence-electron chi connectivity index (χ1n) is 9.87. The van der Waals surface area contributed by atoms with Gasteiger partial charge in [-0.1, -0.05) is 18.2 Å². The molecule has 0 unspecified atom stereocenters. The Labute approximate surface area is 177 Å².